The van der Waals surface area contributed by atoms with Crippen molar-refractivity contribution in [2.24, 2.45) is 23.7 Å². The fourth-order valence-corrected chi connectivity index (χ4v) is 8.02. The number of cyclic esters (lactones) is 1. The van der Waals surface area contributed by atoms with Crippen LogP contribution in [-0.2, 0) is 38.1 Å². The summed E-state index contributed by atoms with van der Waals surface area (Å²) >= 11 is 0. The van der Waals surface area contributed by atoms with E-state index in [1.807, 2.05) is 50.2 Å². The lowest BCUT2D eigenvalue weighted by Gasteiger charge is -2.47. The number of Topliss-reactive ketones (excluding diaryl/α,β-unsaturated/α-hetero) is 2. The molecule has 1 aromatic rings. The van der Waals surface area contributed by atoms with Crippen LogP contribution >= 0.6 is 0 Å². The predicted molar refractivity (Wildman–Crippen MR) is 188 cm³/mol. The molecule has 13 heteroatoms. The monoisotopic (exact) mass is 715 g/mol. The van der Waals surface area contributed by atoms with Gasteiger partial charge in [-0.1, -0.05) is 45.9 Å². The summed E-state index contributed by atoms with van der Waals surface area (Å²) in [6, 6.07) is 2.61. The van der Waals surface area contributed by atoms with Gasteiger partial charge in [-0.3, -0.25) is 19.4 Å². The first-order valence-corrected chi connectivity index (χ1v) is 18.1. The number of alkyl carbamates (subject to hydrolysis) is 1. The summed E-state index contributed by atoms with van der Waals surface area (Å²) in [4.78, 5) is 61.1. The number of carbonyl (C=O) groups excluding carboxylic acids is 4. The number of likely N-dealkylation sites (N-methyl/N-ethyl adjacent to an activating group) is 1. The minimum atomic E-state index is -1.37. The summed E-state index contributed by atoms with van der Waals surface area (Å²) in [5, 5.41) is 14.3. The smallest absolute Gasteiger partial charge is 0.408 e. The van der Waals surface area contributed by atoms with Gasteiger partial charge in [-0.25, -0.2) is 4.79 Å². The van der Waals surface area contributed by atoms with E-state index in [1.165, 1.54) is 6.92 Å². The summed E-state index contributed by atoms with van der Waals surface area (Å²) in [6.07, 6.45) is 2.75. The van der Waals surface area contributed by atoms with Gasteiger partial charge in [0.2, 0.25) is 0 Å². The molecule has 0 radical (unpaired) electrons. The lowest BCUT2D eigenvalue weighted by Crippen LogP contribution is -2.60. The van der Waals surface area contributed by atoms with Crippen LogP contribution in [0.3, 0.4) is 0 Å². The van der Waals surface area contributed by atoms with Crippen LogP contribution in [0.15, 0.2) is 30.6 Å². The normalized spacial score (nSPS) is 40.0. The van der Waals surface area contributed by atoms with Crippen molar-refractivity contribution in [1.82, 2.24) is 15.2 Å². The topological polar surface area (TPSA) is 163 Å². The van der Waals surface area contributed by atoms with Crippen LogP contribution in [0.4, 0.5) is 4.79 Å². The van der Waals surface area contributed by atoms with Gasteiger partial charge >= 0.3 is 12.1 Å². The van der Waals surface area contributed by atoms with E-state index in [9.17, 15) is 24.3 Å². The fourth-order valence-electron chi connectivity index (χ4n) is 8.02. The van der Waals surface area contributed by atoms with E-state index >= 15 is 0 Å². The van der Waals surface area contributed by atoms with E-state index < -0.39 is 83.4 Å². The van der Waals surface area contributed by atoms with Crippen LogP contribution in [-0.4, -0.2) is 113 Å². The fraction of sp³-hybridized carbons (Fsp3) is 0.711. The van der Waals surface area contributed by atoms with Gasteiger partial charge < -0.3 is 39.0 Å². The SMILES string of the molecule is CC[C@H]1OC(=O)[C@H](C)C(=O)[C@H](C)[C@@H](O[C@@H]2O[C@H](C)C[C@H](N(C)C)[C@H]2O)[C@](C)(OC/C=C/c2cccnc2)C[C@@H](C)C(=O)[C@H](C)[C@H]2NC(=O)O[C@@]21C. The number of fused-ring (bicyclic) bond motifs is 1. The van der Waals surface area contributed by atoms with Crippen LogP contribution in [0.1, 0.15) is 80.2 Å². The number of aliphatic hydroxyl groups is 1. The molecule has 3 aliphatic heterocycles. The highest BCUT2D eigenvalue weighted by atomic mass is 16.7. The van der Waals surface area contributed by atoms with E-state index in [4.69, 9.17) is 23.7 Å². The molecule has 284 valence electrons. The molecular weight excluding hydrogens is 658 g/mol. The van der Waals surface area contributed by atoms with Crippen LogP contribution in [0, 0.1) is 23.7 Å². The molecule has 13 nitrogen and oxygen atoms in total. The van der Waals surface area contributed by atoms with Crippen LogP contribution in [0.2, 0.25) is 0 Å². The largest absolute Gasteiger partial charge is 0.458 e. The number of rotatable bonds is 8. The molecule has 51 heavy (non-hydrogen) atoms. The molecule has 0 aliphatic carbocycles. The molecule has 4 heterocycles. The number of aromatic nitrogens is 1. The van der Waals surface area contributed by atoms with Crippen molar-refractivity contribution in [3.05, 3.63) is 36.2 Å². The Balaban J connectivity index is 1.80. The number of nitrogens with zero attached hydrogens (tertiary/aromatic N) is 2. The summed E-state index contributed by atoms with van der Waals surface area (Å²) in [7, 11) is 3.74. The third-order valence-corrected chi connectivity index (χ3v) is 11.0. The summed E-state index contributed by atoms with van der Waals surface area (Å²) in [5.41, 5.74) is -1.85. The number of hydrogen-bond acceptors (Lipinski definition) is 12. The third-order valence-electron chi connectivity index (χ3n) is 11.0. The Hall–Kier alpha value is -3.23. The van der Waals surface area contributed by atoms with Gasteiger partial charge in [0.1, 0.15) is 23.9 Å². The second-order valence-corrected chi connectivity index (χ2v) is 15.2. The van der Waals surface area contributed by atoms with E-state index in [1.54, 1.807) is 53.9 Å². The van der Waals surface area contributed by atoms with Crippen LogP contribution in [0.5, 0.6) is 0 Å². The zero-order valence-corrected chi connectivity index (χ0v) is 31.7. The molecule has 2 N–H and O–H groups in total. The lowest BCUT2D eigenvalue weighted by molar-refractivity contribution is -0.296. The highest BCUT2D eigenvalue weighted by Crippen LogP contribution is 2.40. The Morgan fingerprint density at radius 3 is 2.41 bits per heavy atom. The molecule has 0 spiro atoms. The maximum Gasteiger partial charge on any atom is 0.408 e. The molecule has 0 unspecified atom stereocenters. The summed E-state index contributed by atoms with van der Waals surface area (Å²) < 4.78 is 31.2. The standard InChI is InChI=1S/C38H57N3O10/c1-11-28-38(8)32(40-36(46)51-38)23(4)29(42)21(2)19-37(7,47-17-13-15-26-14-12-16-39-20-26)33(24(5)30(43)25(6)34(45)49-28)50-35-31(44)27(41(9)10)18-22(3)48-35/h12-16,20-25,27-28,31-33,35,44H,11,17-19H2,1-10H3,(H,40,46)/b15-13+/t21-,22-,23+,24+,25-,27+,28-,31-,32-,33-,35+,37-,38-/m1/s1. The van der Waals surface area contributed by atoms with E-state index in [-0.39, 0.29) is 37.4 Å². The number of nitrogens with one attached hydrogen (secondary N) is 1. The van der Waals surface area contributed by atoms with Crippen LogP contribution < -0.4 is 5.32 Å². The number of pyridine rings is 1. The lowest BCUT2D eigenvalue weighted by atomic mass is 9.73. The van der Waals surface area contributed by atoms with Crippen molar-refractivity contribution in [3.63, 3.8) is 0 Å². The Morgan fingerprint density at radius 2 is 1.78 bits per heavy atom. The predicted octanol–water partition coefficient (Wildman–Crippen LogP) is 3.96. The first kappa shape index (κ1) is 40.5. The molecule has 1 amide bonds. The third kappa shape index (κ3) is 8.88. The number of ether oxygens (including phenoxy) is 5. The van der Waals surface area contributed by atoms with Gasteiger partial charge in [0.05, 0.1) is 30.5 Å². The van der Waals surface area contributed by atoms with Crippen molar-refractivity contribution in [3.8, 4) is 0 Å². The van der Waals surface area contributed by atoms with E-state index in [2.05, 4.69) is 10.3 Å². The van der Waals surface area contributed by atoms with Gasteiger partial charge in [0.25, 0.3) is 0 Å². The van der Waals surface area contributed by atoms with Gasteiger partial charge in [0, 0.05) is 36.2 Å². The molecule has 3 fully saturated rings. The zero-order valence-electron chi connectivity index (χ0n) is 31.7. The molecule has 0 aromatic carbocycles. The van der Waals surface area contributed by atoms with Gasteiger partial charge in [0.15, 0.2) is 17.7 Å². The summed E-state index contributed by atoms with van der Waals surface area (Å²) in [5.74, 6) is -5.07. The molecule has 0 bridgehead atoms. The number of aliphatic hydroxyl groups excluding tert-OH is 1. The van der Waals surface area contributed by atoms with E-state index in [0.29, 0.717) is 6.42 Å². The first-order chi connectivity index (χ1) is 23.9. The molecule has 3 aliphatic rings. The Kier molecular flexibility index (Phi) is 13.2. The van der Waals surface area contributed by atoms with Crippen LogP contribution in [0.25, 0.3) is 6.08 Å². The number of esters is 1. The number of amides is 1. The van der Waals surface area contributed by atoms with Crippen molar-refractivity contribution in [1.29, 1.82) is 0 Å². The minimum absolute atomic E-state index is 0.0772. The first-order valence-electron chi connectivity index (χ1n) is 18.1. The Morgan fingerprint density at radius 1 is 1.08 bits per heavy atom. The van der Waals surface area contributed by atoms with Crippen molar-refractivity contribution in [2.75, 3.05) is 20.7 Å². The van der Waals surface area contributed by atoms with Gasteiger partial charge in [-0.15, -0.1) is 0 Å². The maximum atomic E-state index is 14.3. The Labute approximate surface area is 301 Å². The van der Waals surface area contributed by atoms with Gasteiger partial charge in [-0.2, -0.15) is 0 Å². The maximum absolute atomic E-state index is 14.3. The van der Waals surface area contributed by atoms with E-state index in [0.717, 1.165) is 5.56 Å². The quantitative estimate of drug-likeness (QED) is 0.295. The molecular formula is C38H57N3O10. The van der Waals surface area contributed by atoms with Crippen molar-refractivity contribution >= 4 is 29.7 Å². The molecule has 4 rings (SSSR count). The molecule has 1 aromatic heterocycles. The molecule has 3 saturated heterocycles. The summed E-state index contributed by atoms with van der Waals surface area (Å²) in [6.45, 7) is 13.8. The average Bonchev–Trinajstić information content (AvgIpc) is 3.41. The average molecular weight is 716 g/mol. The zero-order chi connectivity index (χ0) is 37.8. The Bertz CT molecular complexity index is 1420. The van der Waals surface area contributed by atoms with Crippen molar-refractivity contribution < 1.29 is 48.0 Å². The minimum Gasteiger partial charge on any atom is -0.458 e. The molecule has 13 atom stereocenters. The number of carbonyl (C=O) groups is 4. The van der Waals surface area contributed by atoms with Crippen molar-refractivity contribution in [2.45, 2.75) is 129 Å². The number of hydrogen-bond donors (Lipinski definition) is 2. The second-order valence-electron chi connectivity index (χ2n) is 15.2. The highest BCUT2D eigenvalue weighted by molar-refractivity contribution is 6.00. The highest BCUT2D eigenvalue weighted by Gasteiger charge is 2.57. The molecule has 0 saturated carbocycles. The number of ketones is 2. The van der Waals surface area contributed by atoms with Gasteiger partial charge in [-0.05, 0) is 72.7 Å². The second kappa shape index (κ2) is 16.6.